The van der Waals surface area contributed by atoms with Gasteiger partial charge in [0.05, 0.1) is 20.7 Å². The fourth-order valence-corrected chi connectivity index (χ4v) is 2.06. The van der Waals surface area contributed by atoms with Crippen LogP contribution in [0, 0.1) is 10.1 Å². The van der Waals surface area contributed by atoms with Crippen molar-refractivity contribution in [1.29, 1.82) is 0 Å². The number of hydrogen-bond acceptors (Lipinski definition) is 5. The van der Waals surface area contributed by atoms with Crippen LogP contribution in [0.3, 0.4) is 0 Å². The Hall–Kier alpha value is -1.57. The molecule has 0 aromatic heterocycles. The van der Waals surface area contributed by atoms with Gasteiger partial charge in [-0.3, -0.25) is 10.1 Å². The summed E-state index contributed by atoms with van der Waals surface area (Å²) in [5.41, 5.74) is -0.128. The third-order valence-electron chi connectivity index (χ3n) is 2.47. The quantitative estimate of drug-likeness (QED) is 0.591. The standard InChI is InChI=1S/C11H12Cl2N2O5/c1-20-3-2-9(11(16)17)14-10-7(12)4-6(15(18)19)5-8(10)13/h4-5,9,14H,2-3H2,1H3,(H,16,17). The summed E-state index contributed by atoms with van der Waals surface area (Å²) < 4.78 is 4.81. The highest BCUT2D eigenvalue weighted by Crippen LogP contribution is 2.35. The highest BCUT2D eigenvalue weighted by atomic mass is 35.5. The maximum Gasteiger partial charge on any atom is 0.326 e. The summed E-state index contributed by atoms with van der Waals surface area (Å²) >= 11 is 11.8. The summed E-state index contributed by atoms with van der Waals surface area (Å²) in [4.78, 5) is 21.1. The molecule has 0 amide bonds. The number of benzene rings is 1. The molecule has 1 aromatic carbocycles. The number of halogens is 2. The van der Waals surface area contributed by atoms with E-state index in [0.29, 0.717) is 0 Å². The molecule has 1 atom stereocenters. The average Bonchev–Trinajstić information content (AvgIpc) is 2.36. The van der Waals surface area contributed by atoms with Crippen molar-refractivity contribution in [3.05, 3.63) is 32.3 Å². The zero-order valence-electron chi connectivity index (χ0n) is 10.4. The van der Waals surface area contributed by atoms with Gasteiger partial charge in [0.25, 0.3) is 5.69 Å². The molecule has 0 aliphatic carbocycles. The van der Waals surface area contributed by atoms with Crippen molar-refractivity contribution in [2.45, 2.75) is 12.5 Å². The molecule has 0 fully saturated rings. The van der Waals surface area contributed by atoms with Gasteiger partial charge in [-0.25, -0.2) is 4.79 Å². The van der Waals surface area contributed by atoms with Crippen molar-refractivity contribution in [1.82, 2.24) is 0 Å². The van der Waals surface area contributed by atoms with Crippen molar-refractivity contribution >= 4 is 40.5 Å². The summed E-state index contributed by atoms with van der Waals surface area (Å²) in [5.74, 6) is -1.10. The molecule has 0 saturated carbocycles. The number of carboxylic acid groups (broad SMARTS) is 1. The first-order valence-electron chi connectivity index (χ1n) is 5.48. The number of nitrogens with one attached hydrogen (secondary N) is 1. The van der Waals surface area contributed by atoms with Crippen molar-refractivity contribution in [2.75, 3.05) is 19.0 Å². The minimum atomic E-state index is -1.10. The SMILES string of the molecule is COCCC(Nc1c(Cl)cc([N+](=O)[O-])cc1Cl)C(=O)O. The van der Waals surface area contributed by atoms with Crippen LogP contribution in [0.4, 0.5) is 11.4 Å². The van der Waals surface area contributed by atoms with Gasteiger partial charge in [-0.1, -0.05) is 23.2 Å². The lowest BCUT2D eigenvalue weighted by Crippen LogP contribution is -2.30. The van der Waals surface area contributed by atoms with E-state index in [1.807, 2.05) is 0 Å². The molecule has 2 N–H and O–H groups in total. The minimum Gasteiger partial charge on any atom is -0.480 e. The summed E-state index contributed by atoms with van der Waals surface area (Å²) in [6.07, 6.45) is 0.190. The number of hydrogen-bond donors (Lipinski definition) is 2. The number of ether oxygens (including phenoxy) is 1. The van der Waals surface area contributed by atoms with Crippen molar-refractivity contribution < 1.29 is 19.6 Å². The number of nitrogens with zero attached hydrogens (tertiary/aromatic N) is 1. The molecule has 110 valence electrons. The molecule has 0 bridgehead atoms. The number of nitro groups is 1. The minimum absolute atomic E-state index is 0.0205. The van der Waals surface area contributed by atoms with Gasteiger partial charge in [0.15, 0.2) is 0 Å². The topological polar surface area (TPSA) is 102 Å². The normalized spacial score (nSPS) is 11.9. The molecule has 1 rings (SSSR count). The maximum absolute atomic E-state index is 11.1. The lowest BCUT2D eigenvalue weighted by Gasteiger charge is -2.17. The molecule has 7 nitrogen and oxygen atoms in total. The van der Waals surface area contributed by atoms with Crippen LogP contribution in [0.1, 0.15) is 6.42 Å². The molecule has 0 saturated heterocycles. The number of non-ortho nitro benzene ring substituents is 1. The lowest BCUT2D eigenvalue weighted by atomic mass is 10.2. The van der Waals surface area contributed by atoms with Crippen LogP contribution in [0.25, 0.3) is 0 Å². The molecule has 0 radical (unpaired) electrons. The Balaban J connectivity index is 3.01. The van der Waals surface area contributed by atoms with E-state index in [9.17, 15) is 14.9 Å². The Kier molecular flexibility index (Phi) is 6.00. The van der Waals surface area contributed by atoms with Gasteiger partial charge in [0.1, 0.15) is 6.04 Å². The molecule has 1 unspecified atom stereocenters. The molecule has 1 aromatic rings. The van der Waals surface area contributed by atoms with Crippen LogP contribution >= 0.6 is 23.2 Å². The predicted octanol–water partition coefficient (Wildman–Crippen LogP) is 2.80. The number of carboxylic acids is 1. The van der Waals surface area contributed by atoms with Gasteiger partial charge in [-0.2, -0.15) is 0 Å². The van der Waals surface area contributed by atoms with Crippen molar-refractivity contribution in [2.24, 2.45) is 0 Å². The molecule has 0 aliphatic rings. The molecular formula is C11H12Cl2N2O5. The molecule has 0 spiro atoms. The van der Waals surface area contributed by atoms with E-state index < -0.39 is 16.9 Å². The molecule has 0 heterocycles. The second kappa shape index (κ2) is 7.28. The van der Waals surface area contributed by atoms with E-state index >= 15 is 0 Å². The van der Waals surface area contributed by atoms with E-state index in [4.69, 9.17) is 33.0 Å². The summed E-state index contributed by atoms with van der Waals surface area (Å²) in [7, 11) is 1.45. The third-order valence-corrected chi connectivity index (χ3v) is 3.06. The van der Waals surface area contributed by atoms with Crippen LogP contribution in [0.5, 0.6) is 0 Å². The van der Waals surface area contributed by atoms with Crippen LogP contribution in [0.2, 0.25) is 10.0 Å². The predicted molar refractivity (Wildman–Crippen MR) is 74.7 cm³/mol. The van der Waals surface area contributed by atoms with E-state index in [2.05, 4.69) is 5.32 Å². The zero-order valence-corrected chi connectivity index (χ0v) is 11.9. The fraction of sp³-hybridized carbons (Fsp3) is 0.364. The van der Waals surface area contributed by atoms with Gasteiger partial charge in [-0.05, 0) is 0 Å². The Morgan fingerprint density at radius 3 is 2.45 bits per heavy atom. The number of rotatable bonds is 7. The first-order chi connectivity index (χ1) is 9.36. The van der Waals surface area contributed by atoms with E-state index in [0.717, 1.165) is 12.1 Å². The van der Waals surface area contributed by atoms with Crippen molar-refractivity contribution in [3.63, 3.8) is 0 Å². The largest absolute Gasteiger partial charge is 0.480 e. The Morgan fingerprint density at radius 2 is 2.05 bits per heavy atom. The first-order valence-corrected chi connectivity index (χ1v) is 6.24. The molecule has 20 heavy (non-hydrogen) atoms. The average molecular weight is 323 g/mol. The van der Waals surface area contributed by atoms with Gasteiger partial charge < -0.3 is 15.2 Å². The highest BCUT2D eigenvalue weighted by molar-refractivity contribution is 6.39. The zero-order chi connectivity index (χ0) is 15.3. The fourth-order valence-electron chi connectivity index (χ4n) is 1.47. The Morgan fingerprint density at radius 1 is 1.50 bits per heavy atom. The molecule has 9 heteroatoms. The number of aliphatic carboxylic acids is 1. The molecule has 0 aliphatic heterocycles. The van der Waals surface area contributed by atoms with E-state index in [1.165, 1.54) is 7.11 Å². The maximum atomic E-state index is 11.1. The van der Waals surface area contributed by atoms with E-state index in [1.54, 1.807) is 0 Å². The van der Waals surface area contributed by atoms with Crippen molar-refractivity contribution in [3.8, 4) is 0 Å². The third kappa shape index (κ3) is 4.22. The number of carbonyl (C=O) groups is 1. The van der Waals surface area contributed by atoms with Gasteiger partial charge in [0, 0.05) is 32.3 Å². The Labute approximate surface area is 124 Å². The number of methoxy groups -OCH3 is 1. The van der Waals surface area contributed by atoms with Gasteiger partial charge in [-0.15, -0.1) is 0 Å². The lowest BCUT2D eigenvalue weighted by molar-refractivity contribution is -0.384. The second-order valence-electron chi connectivity index (χ2n) is 3.86. The van der Waals surface area contributed by atoms with Crippen LogP contribution < -0.4 is 5.32 Å². The van der Waals surface area contributed by atoms with Gasteiger partial charge in [0.2, 0.25) is 0 Å². The van der Waals surface area contributed by atoms with Crippen LogP contribution in [-0.2, 0) is 9.53 Å². The van der Waals surface area contributed by atoms with Gasteiger partial charge >= 0.3 is 5.97 Å². The summed E-state index contributed by atoms with van der Waals surface area (Å²) in [6.45, 7) is 0.228. The molecular weight excluding hydrogens is 311 g/mol. The second-order valence-corrected chi connectivity index (χ2v) is 4.67. The summed E-state index contributed by atoms with van der Waals surface area (Å²) in [5, 5.41) is 22.3. The summed E-state index contributed by atoms with van der Waals surface area (Å²) in [6, 6.07) is 1.24. The highest BCUT2D eigenvalue weighted by Gasteiger charge is 2.21. The van der Waals surface area contributed by atoms with E-state index in [-0.39, 0.29) is 34.4 Å². The first kappa shape index (κ1) is 16.5. The number of nitro benzene ring substituents is 1. The number of anilines is 1. The monoisotopic (exact) mass is 322 g/mol. The van der Waals surface area contributed by atoms with Crippen LogP contribution in [0.15, 0.2) is 12.1 Å². The Bertz CT molecular complexity index is 501. The van der Waals surface area contributed by atoms with Crippen LogP contribution in [-0.4, -0.2) is 35.8 Å². The smallest absolute Gasteiger partial charge is 0.326 e.